The summed E-state index contributed by atoms with van der Waals surface area (Å²) in [5, 5.41) is 0. The van der Waals surface area contributed by atoms with Crippen LogP contribution in [0.25, 0.3) is 0 Å². The maximum atomic E-state index is 13.3. The average Bonchev–Trinajstić information content (AvgIpc) is 3.28. The van der Waals surface area contributed by atoms with E-state index in [9.17, 15) is 9.59 Å². The van der Waals surface area contributed by atoms with Crippen molar-refractivity contribution < 1.29 is 19.1 Å². The first-order valence-corrected chi connectivity index (χ1v) is 10.9. The van der Waals surface area contributed by atoms with Crippen LogP contribution < -0.4 is 0 Å². The second-order valence-corrected chi connectivity index (χ2v) is 9.66. The first-order valence-electron chi connectivity index (χ1n) is 10.9. The van der Waals surface area contributed by atoms with E-state index in [1.54, 1.807) is 0 Å². The lowest BCUT2D eigenvalue weighted by Gasteiger charge is -2.38. The highest BCUT2D eigenvalue weighted by Gasteiger charge is 2.57. The summed E-state index contributed by atoms with van der Waals surface area (Å²) in [7, 11) is 0. The number of carbonyl (C=O) groups excluding carboxylic acids is 2. The molecule has 29 heavy (non-hydrogen) atoms. The molecule has 0 N–H and O–H groups in total. The summed E-state index contributed by atoms with van der Waals surface area (Å²) >= 11 is 0. The Morgan fingerprint density at radius 1 is 0.759 bits per heavy atom. The summed E-state index contributed by atoms with van der Waals surface area (Å²) in [5.74, 6) is -0.647. The Hall–Kier alpha value is -2.10. The van der Waals surface area contributed by atoms with Gasteiger partial charge in [-0.1, -0.05) is 50.3 Å². The van der Waals surface area contributed by atoms with Gasteiger partial charge in [0.25, 0.3) is 0 Å². The number of fused-ring (bicyclic) bond motifs is 2. The molecule has 4 heteroatoms. The molecular weight excluding hydrogens is 364 g/mol. The first-order chi connectivity index (χ1) is 13.7. The largest absolute Gasteiger partial charge is 0.454 e. The fraction of sp³-hybridized carbons (Fsp3) is 0.600. The molecule has 4 aliphatic rings. The standard InChI is InChI=1S/C25H32O4/c1-16-9-5-7-13-24(16,3)28-22(26)20-18-11-12-19(15-18)21(20)23(27)29-25(4)14-8-6-10-17(25)2/h5-10,13-14,16-21H,11-12,15H2,1-4H3. The van der Waals surface area contributed by atoms with Crippen LogP contribution in [0.2, 0.25) is 0 Å². The molecule has 8 unspecified atom stereocenters. The third-order valence-electron chi connectivity index (χ3n) is 7.79. The summed E-state index contributed by atoms with van der Waals surface area (Å²) in [6.45, 7) is 7.98. The van der Waals surface area contributed by atoms with Gasteiger partial charge < -0.3 is 9.47 Å². The van der Waals surface area contributed by atoms with Crippen LogP contribution >= 0.6 is 0 Å². The number of hydrogen-bond acceptors (Lipinski definition) is 4. The van der Waals surface area contributed by atoms with E-state index in [1.807, 2.05) is 76.3 Å². The average molecular weight is 397 g/mol. The van der Waals surface area contributed by atoms with Gasteiger partial charge in [-0.05, 0) is 57.1 Å². The fourth-order valence-electron chi connectivity index (χ4n) is 5.43. The van der Waals surface area contributed by atoms with E-state index in [0.29, 0.717) is 0 Å². The van der Waals surface area contributed by atoms with E-state index in [4.69, 9.17) is 9.47 Å². The van der Waals surface area contributed by atoms with Crippen molar-refractivity contribution in [3.05, 3.63) is 48.6 Å². The number of allylic oxidation sites excluding steroid dienone is 4. The number of ether oxygens (including phenoxy) is 2. The van der Waals surface area contributed by atoms with E-state index in [2.05, 4.69) is 0 Å². The minimum Gasteiger partial charge on any atom is -0.454 e. The van der Waals surface area contributed by atoms with Crippen molar-refractivity contribution in [1.82, 2.24) is 0 Å². The van der Waals surface area contributed by atoms with Crippen LogP contribution in [0, 0.1) is 35.5 Å². The van der Waals surface area contributed by atoms with Gasteiger partial charge in [-0.15, -0.1) is 0 Å². The molecule has 2 saturated carbocycles. The predicted molar refractivity (Wildman–Crippen MR) is 112 cm³/mol. The van der Waals surface area contributed by atoms with Gasteiger partial charge in [0.1, 0.15) is 11.2 Å². The van der Waals surface area contributed by atoms with E-state index < -0.39 is 23.0 Å². The van der Waals surface area contributed by atoms with Crippen molar-refractivity contribution in [2.45, 2.75) is 58.2 Å². The smallest absolute Gasteiger partial charge is 0.310 e. The lowest BCUT2D eigenvalue weighted by atomic mass is 9.78. The Kier molecular flexibility index (Phi) is 5.08. The van der Waals surface area contributed by atoms with E-state index in [0.717, 1.165) is 19.3 Å². The Bertz CT molecular complexity index is 740. The maximum Gasteiger partial charge on any atom is 0.310 e. The number of esters is 2. The van der Waals surface area contributed by atoms with Gasteiger partial charge >= 0.3 is 11.9 Å². The molecule has 0 aromatic heterocycles. The monoisotopic (exact) mass is 396 g/mol. The molecule has 0 aromatic carbocycles. The molecule has 4 aliphatic carbocycles. The van der Waals surface area contributed by atoms with Gasteiger partial charge in [-0.3, -0.25) is 9.59 Å². The molecule has 4 nitrogen and oxygen atoms in total. The van der Waals surface area contributed by atoms with Crippen molar-refractivity contribution in [3.63, 3.8) is 0 Å². The molecule has 0 saturated heterocycles. The number of carbonyl (C=O) groups is 2. The van der Waals surface area contributed by atoms with Crippen LogP contribution in [0.5, 0.6) is 0 Å². The minimum absolute atomic E-state index is 0.0966. The second kappa shape index (κ2) is 7.30. The molecule has 8 atom stereocenters. The summed E-state index contributed by atoms with van der Waals surface area (Å²) in [5.41, 5.74) is -1.33. The van der Waals surface area contributed by atoms with Crippen LogP contribution in [0.3, 0.4) is 0 Å². The van der Waals surface area contributed by atoms with Crippen molar-refractivity contribution in [1.29, 1.82) is 0 Å². The predicted octanol–water partition coefficient (Wildman–Crippen LogP) is 4.78. The van der Waals surface area contributed by atoms with E-state index in [1.165, 1.54) is 0 Å². The van der Waals surface area contributed by atoms with E-state index in [-0.39, 0.29) is 35.6 Å². The van der Waals surface area contributed by atoms with Crippen LogP contribution in [0.1, 0.15) is 47.0 Å². The van der Waals surface area contributed by atoms with Crippen molar-refractivity contribution >= 4 is 11.9 Å². The summed E-state index contributed by atoms with van der Waals surface area (Å²) in [6, 6.07) is 0. The molecule has 4 rings (SSSR count). The molecule has 0 spiro atoms. The molecule has 0 aromatic rings. The van der Waals surface area contributed by atoms with Crippen molar-refractivity contribution in [2.75, 3.05) is 0 Å². The molecule has 0 amide bonds. The van der Waals surface area contributed by atoms with Gasteiger partial charge in [0, 0.05) is 11.8 Å². The third kappa shape index (κ3) is 3.51. The highest BCUT2D eigenvalue weighted by molar-refractivity contribution is 5.84. The van der Waals surface area contributed by atoms with Crippen LogP contribution in [0.15, 0.2) is 48.6 Å². The Morgan fingerprint density at radius 2 is 1.17 bits per heavy atom. The highest BCUT2D eigenvalue weighted by atomic mass is 16.6. The topological polar surface area (TPSA) is 52.6 Å². The summed E-state index contributed by atoms with van der Waals surface area (Å²) in [4.78, 5) is 26.6. The Balaban J connectivity index is 1.52. The minimum atomic E-state index is -0.667. The van der Waals surface area contributed by atoms with Crippen LogP contribution in [-0.2, 0) is 19.1 Å². The van der Waals surface area contributed by atoms with Crippen molar-refractivity contribution in [3.8, 4) is 0 Å². The van der Waals surface area contributed by atoms with Gasteiger partial charge in [0.05, 0.1) is 11.8 Å². The number of rotatable bonds is 4. The summed E-state index contributed by atoms with van der Waals surface area (Å²) < 4.78 is 12.1. The molecule has 156 valence electrons. The second-order valence-electron chi connectivity index (χ2n) is 9.66. The maximum absolute atomic E-state index is 13.3. The zero-order chi connectivity index (χ0) is 20.8. The lowest BCUT2D eigenvalue weighted by molar-refractivity contribution is -0.177. The van der Waals surface area contributed by atoms with Gasteiger partial charge in [-0.25, -0.2) is 0 Å². The molecule has 2 fully saturated rings. The highest BCUT2D eigenvalue weighted by Crippen LogP contribution is 2.54. The SMILES string of the molecule is CC1C=CC=CC1(C)OC(=O)C1C2CCC(C2)C1C(=O)OC1(C)C=CC=CC1C. The quantitative estimate of drug-likeness (QED) is 0.642. The first kappa shape index (κ1) is 20.2. The molecule has 0 radical (unpaired) electrons. The van der Waals surface area contributed by atoms with Gasteiger partial charge in [-0.2, -0.15) is 0 Å². The zero-order valence-corrected chi connectivity index (χ0v) is 17.8. The Morgan fingerprint density at radius 3 is 1.55 bits per heavy atom. The number of hydrogen-bond donors (Lipinski definition) is 0. The molecule has 0 aliphatic heterocycles. The van der Waals surface area contributed by atoms with Gasteiger partial charge in [0.2, 0.25) is 0 Å². The van der Waals surface area contributed by atoms with E-state index >= 15 is 0 Å². The molecule has 2 bridgehead atoms. The molecular formula is C25H32O4. The Labute approximate surface area is 173 Å². The van der Waals surface area contributed by atoms with Crippen molar-refractivity contribution in [2.24, 2.45) is 35.5 Å². The summed E-state index contributed by atoms with van der Waals surface area (Å²) in [6.07, 6.45) is 18.7. The molecule has 0 heterocycles. The van der Waals surface area contributed by atoms with Crippen LogP contribution in [-0.4, -0.2) is 23.1 Å². The van der Waals surface area contributed by atoms with Gasteiger partial charge in [0.15, 0.2) is 0 Å². The third-order valence-corrected chi connectivity index (χ3v) is 7.79. The fourth-order valence-corrected chi connectivity index (χ4v) is 5.43. The van der Waals surface area contributed by atoms with Crippen LogP contribution in [0.4, 0.5) is 0 Å². The zero-order valence-electron chi connectivity index (χ0n) is 17.8. The normalized spacial score (nSPS) is 44.8. The lowest BCUT2D eigenvalue weighted by Crippen LogP contribution is -2.45.